The van der Waals surface area contributed by atoms with E-state index in [1.54, 1.807) is 12.1 Å². The number of nitrogens with two attached hydrogens (primary N) is 2. The van der Waals surface area contributed by atoms with Gasteiger partial charge in [-0.05, 0) is 24.6 Å². The fourth-order valence-corrected chi connectivity index (χ4v) is 0.930. The number of nitrogen functional groups attached to an aromatic ring is 1. The van der Waals surface area contributed by atoms with Gasteiger partial charge in [-0.3, -0.25) is 4.79 Å². The third-order valence-corrected chi connectivity index (χ3v) is 1.75. The second-order valence-corrected chi connectivity index (χ2v) is 2.82. The van der Waals surface area contributed by atoms with E-state index in [0.29, 0.717) is 11.4 Å². The number of anilines is 2. The minimum absolute atomic E-state index is 0.0201. The van der Waals surface area contributed by atoms with E-state index >= 15 is 0 Å². The summed E-state index contributed by atoms with van der Waals surface area (Å²) in [6.07, 6.45) is 0. The van der Waals surface area contributed by atoms with E-state index < -0.39 is 0 Å². The molecule has 4 nitrogen and oxygen atoms in total. The van der Waals surface area contributed by atoms with Gasteiger partial charge in [0.15, 0.2) is 0 Å². The number of amides is 1. The van der Waals surface area contributed by atoms with Crippen molar-refractivity contribution >= 4 is 17.3 Å². The van der Waals surface area contributed by atoms with Crippen LogP contribution in [0.2, 0.25) is 0 Å². The predicted molar refractivity (Wildman–Crippen MR) is 53.3 cm³/mol. The van der Waals surface area contributed by atoms with Crippen molar-refractivity contribution in [2.75, 3.05) is 17.6 Å². The first-order valence-corrected chi connectivity index (χ1v) is 3.99. The molecule has 0 bridgehead atoms. The van der Waals surface area contributed by atoms with Crippen molar-refractivity contribution in [3.05, 3.63) is 23.8 Å². The van der Waals surface area contributed by atoms with E-state index in [1.807, 2.05) is 13.0 Å². The summed E-state index contributed by atoms with van der Waals surface area (Å²) in [6.45, 7) is 1.89. The molecule has 0 aliphatic rings. The fourth-order valence-electron chi connectivity index (χ4n) is 0.930. The number of hydrogen-bond acceptors (Lipinski definition) is 3. The van der Waals surface area contributed by atoms with Crippen LogP contribution < -0.4 is 16.8 Å². The Hall–Kier alpha value is -1.55. The van der Waals surface area contributed by atoms with Gasteiger partial charge in [0.25, 0.3) is 0 Å². The van der Waals surface area contributed by atoms with Crippen LogP contribution in [-0.2, 0) is 4.79 Å². The van der Waals surface area contributed by atoms with Gasteiger partial charge in [0.05, 0.1) is 6.54 Å². The van der Waals surface area contributed by atoms with Gasteiger partial charge < -0.3 is 16.8 Å². The van der Waals surface area contributed by atoms with Crippen LogP contribution >= 0.6 is 0 Å². The normalized spacial score (nSPS) is 9.69. The zero-order valence-corrected chi connectivity index (χ0v) is 7.50. The second kappa shape index (κ2) is 3.91. The van der Waals surface area contributed by atoms with Crippen LogP contribution in [-0.4, -0.2) is 12.5 Å². The largest absolute Gasteiger partial charge is 0.398 e. The minimum atomic E-state index is -0.219. The molecular formula is C9H13N3O. The standard InChI is InChI=1S/C9H13N3O/c1-6-2-3-7(4-8(6)11)12-9(13)5-10/h2-4H,5,10-11H2,1H3,(H,12,13). The Labute approximate surface area is 76.9 Å². The number of hydrogen-bond donors (Lipinski definition) is 3. The number of carbonyl (C=O) groups is 1. The van der Waals surface area contributed by atoms with Crippen LogP contribution in [0.15, 0.2) is 18.2 Å². The molecule has 0 saturated heterocycles. The molecule has 0 aliphatic heterocycles. The summed E-state index contributed by atoms with van der Waals surface area (Å²) in [7, 11) is 0. The van der Waals surface area contributed by atoms with Gasteiger partial charge in [-0.15, -0.1) is 0 Å². The molecule has 0 aromatic heterocycles. The second-order valence-electron chi connectivity index (χ2n) is 2.82. The van der Waals surface area contributed by atoms with Crippen molar-refractivity contribution in [3.8, 4) is 0 Å². The lowest BCUT2D eigenvalue weighted by atomic mass is 10.2. The highest BCUT2D eigenvalue weighted by Gasteiger charge is 2.00. The van der Waals surface area contributed by atoms with E-state index in [4.69, 9.17) is 11.5 Å². The summed E-state index contributed by atoms with van der Waals surface area (Å²) in [5.74, 6) is -0.219. The molecule has 0 atom stereocenters. The van der Waals surface area contributed by atoms with Gasteiger partial charge in [0.1, 0.15) is 0 Å². The summed E-state index contributed by atoms with van der Waals surface area (Å²) in [6, 6.07) is 5.35. The van der Waals surface area contributed by atoms with Crippen molar-refractivity contribution in [1.29, 1.82) is 0 Å². The highest BCUT2D eigenvalue weighted by atomic mass is 16.1. The zero-order valence-electron chi connectivity index (χ0n) is 7.50. The van der Waals surface area contributed by atoms with Crippen molar-refractivity contribution in [3.63, 3.8) is 0 Å². The van der Waals surface area contributed by atoms with Crippen molar-refractivity contribution in [2.45, 2.75) is 6.92 Å². The molecule has 0 spiro atoms. The van der Waals surface area contributed by atoms with Crippen LogP contribution in [0.1, 0.15) is 5.56 Å². The van der Waals surface area contributed by atoms with Gasteiger partial charge in [-0.25, -0.2) is 0 Å². The fraction of sp³-hybridized carbons (Fsp3) is 0.222. The molecule has 0 aliphatic carbocycles. The molecule has 70 valence electrons. The average molecular weight is 179 g/mol. The number of aryl methyl sites for hydroxylation is 1. The molecule has 13 heavy (non-hydrogen) atoms. The topological polar surface area (TPSA) is 81.1 Å². The van der Waals surface area contributed by atoms with E-state index in [1.165, 1.54) is 0 Å². The van der Waals surface area contributed by atoms with Crippen LogP contribution in [0.5, 0.6) is 0 Å². The summed E-state index contributed by atoms with van der Waals surface area (Å²) in [4.78, 5) is 10.9. The zero-order chi connectivity index (χ0) is 9.84. The van der Waals surface area contributed by atoms with Crippen LogP contribution in [0.25, 0.3) is 0 Å². The summed E-state index contributed by atoms with van der Waals surface area (Å²) < 4.78 is 0. The van der Waals surface area contributed by atoms with Crippen LogP contribution in [0.4, 0.5) is 11.4 Å². The van der Waals surface area contributed by atoms with E-state index in [-0.39, 0.29) is 12.5 Å². The lowest BCUT2D eigenvalue weighted by Gasteiger charge is -2.05. The Morgan fingerprint density at radius 3 is 2.77 bits per heavy atom. The number of rotatable bonds is 2. The Balaban J connectivity index is 2.79. The maximum absolute atomic E-state index is 10.9. The molecule has 0 fully saturated rings. The maximum Gasteiger partial charge on any atom is 0.238 e. The number of benzene rings is 1. The maximum atomic E-state index is 10.9. The van der Waals surface area contributed by atoms with Gasteiger partial charge in [-0.1, -0.05) is 6.07 Å². The Morgan fingerprint density at radius 1 is 1.54 bits per heavy atom. The molecular weight excluding hydrogens is 166 g/mol. The van der Waals surface area contributed by atoms with Crippen LogP contribution in [0, 0.1) is 6.92 Å². The molecule has 0 radical (unpaired) electrons. The Kier molecular flexibility index (Phi) is 2.87. The molecule has 1 amide bonds. The van der Waals surface area contributed by atoms with Gasteiger partial charge in [-0.2, -0.15) is 0 Å². The molecule has 0 saturated carbocycles. The van der Waals surface area contributed by atoms with Crippen molar-refractivity contribution < 1.29 is 4.79 Å². The summed E-state index contributed by atoms with van der Waals surface area (Å²) in [5, 5.41) is 2.62. The van der Waals surface area contributed by atoms with E-state index in [9.17, 15) is 4.79 Å². The SMILES string of the molecule is Cc1ccc(NC(=O)CN)cc1N. The minimum Gasteiger partial charge on any atom is -0.398 e. The van der Waals surface area contributed by atoms with Crippen LogP contribution in [0.3, 0.4) is 0 Å². The Bertz CT molecular complexity index is 323. The monoisotopic (exact) mass is 179 g/mol. The number of carbonyl (C=O) groups excluding carboxylic acids is 1. The average Bonchev–Trinajstić information content (AvgIpc) is 2.11. The molecule has 1 rings (SSSR count). The van der Waals surface area contributed by atoms with E-state index in [0.717, 1.165) is 5.56 Å². The van der Waals surface area contributed by atoms with Gasteiger partial charge in [0.2, 0.25) is 5.91 Å². The molecule has 5 N–H and O–H groups in total. The lowest BCUT2D eigenvalue weighted by Crippen LogP contribution is -2.21. The third kappa shape index (κ3) is 2.45. The number of nitrogens with one attached hydrogen (secondary N) is 1. The first kappa shape index (κ1) is 9.54. The van der Waals surface area contributed by atoms with Gasteiger partial charge in [0, 0.05) is 11.4 Å². The third-order valence-electron chi connectivity index (χ3n) is 1.75. The molecule has 4 heteroatoms. The highest BCUT2D eigenvalue weighted by molar-refractivity contribution is 5.92. The van der Waals surface area contributed by atoms with Crippen molar-refractivity contribution in [1.82, 2.24) is 0 Å². The first-order chi connectivity index (χ1) is 6.13. The lowest BCUT2D eigenvalue weighted by molar-refractivity contribution is -0.114. The molecule has 0 heterocycles. The summed E-state index contributed by atoms with van der Waals surface area (Å²) >= 11 is 0. The smallest absolute Gasteiger partial charge is 0.238 e. The Morgan fingerprint density at radius 2 is 2.23 bits per heavy atom. The molecule has 1 aromatic rings. The highest BCUT2D eigenvalue weighted by Crippen LogP contribution is 2.16. The molecule has 0 unspecified atom stereocenters. The quantitative estimate of drug-likeness (QED) is 0.577. The molecule has 1 aromatic carbocycles. The summed E-state index contributed by atoms with van der Waals surface area (Å²) in [5.41, 5.74) is 13.1. The van der Waals surface area contributed by atoms with Crippen molar-refractivity contribution in [2.24, 2.45) is 5.73 Å². The van der Waals surface area contributed by atoms with Gasteiger partial charge >= 0.3 is 0 Å². The predicted octanol–water partition coefficient (Wildman–Crippen LogP) is 0.474. The van der Waals surface area contributed by atoms with E-state index in [2.05, 4.69) is 5.32 Å². The first-order valence-electron chi connectivity index (χ1n) is 3.99.